The van der Waals surface area contributed by atoms with Crippen molar-refractivity contribution >= 4 is 21.7 Å². The van der Waals surface area contributed by atoms with Crippen LogP contribution in [-0.2, 0) is 12.0 Å². The van der Waals surface area contributed by atoms with Crippen molar-refractivity contribution in [2.24, 2.45) is 5.92 Å². The van der Waals surface area contributed by atoms with Gasteiger partial charge in [-0.05, 0) is 52.9 Å². The topological polar surface area (TPSA) is 36.4 Å². The number of aromatic nitrogens is 1. The number of pyridine rings is 1. The van der Waals surface area contributed by atoms with E-state index in [0.29, 0.717) is 11.1 Å². The Kier molecular flexibility index (Phi) is 3.27. The van der Waals surface area contributed by atoms with Crippen molar-refractivity contribution in [3.8, 4) is 0 Å². The second-order valence-electron chi connectivity index (χ2n) is 6.56. The summed E-state index contributed by atoms with van der Waals surface area (Å²) in [5.41, 5.74) is 3.81. The maximum atomic E-state index is 9.39. The number of rotatable bonds is 3. The Hall–Kier alpha value is -1.39. The number of aryl methyl sites for hydroxylation is 1. The number of hydrogen-bond acceptors (Lipinski definition) is 3. The maximum Gasteiger partial charge on any atom is 0.129 e. The zero-order valence-corrected chi connectivity index (χ0v) is 14.2. The standard InChI is InChI=1S/C18H19BrN2O/c1-12-2-4-13(5-3-12)18-8-14(18)9-21(11-18)17-7-6-15(19)16(10-22)20-17/h2-7,14,22H,8-11H2,1H3. The van der Waals surface area contributed by atoms with Gasteiger partial charge in [0.1, 0.15) is 5.82 Å². The Morgan fingerprint density at radius 2 is 2.05 bits per heavy atom. The van der Waals surface area contributed by atoms with E-state index < -0.39 is 0 Å². The second-order valence-corrected chi connectivity index (χ2v) is 7.41. The molecule has 1 saturated heterocycles. The molecule has 2 unspecified atom stereocenters. The fourth-order valence-electron chi connectivity index (χ4n) is 3.75. The van der Waals surface area contributed by atoms with Crippen LogP contribution in [0.15, 0.2) is 40.9 Å². The quantitative estimate of drug-likeness (QED) is 0.912. The Bertz CT molecular complexity index is 716. The Morgan fingerprint density at radius 3 is 2.77 bits per heavy atom. The smallest absolute Gasteiger partial charge is 0.129 e. The van der Waals surface area contributed by atoms with E-state index in [4.69, 9.17) is 0 Å². The molecule has 1 aliphatic carbocycles. The lowest BCUT2D eigenvalue weighted by molar-refractivity contribution is 0.276. The highest BCUT2D eigenvalue weighted by Crippen LogP contribution is 2.59. The van der Waals surface area contributed by atoms with Gasteiger partial charge in [-0.1, -0.05) is 29.8 Å². The molecule has 1 saturated carbocycles. The molecule has 2 aromatic rings. The number of halogens is 1. The molecule has 3 nitrogen and oxygen atoms in total. The summed E-state index contributed by atoms with van der Waals surface area (Å²) in [5, 5.41) is 9.39. The van der Waals surface area contributed by atoms with Crippen LogP contribution in [0.5, 0.6) is 0 Å². The molecule has 1 aromatic carbocycles. The van der Waals surface area contributed by atoms with Crippen LogP contribution in [0.2, 0.25) is 0 Å². The lowest BCUT2D eigenvalue weighted by atomic mass is 9.94. The molecule has 0 spiro atoms. The molecule has 114 valence electrons. The van der Waals surface area contributed by atoms with Crippen LogP contribution < -0.4 is 4.90 Å². The van der Waals surface area contributed by atoms with E-state index in [-0.39, 0.29) is 6.61 Å². The summed E-state index contributed by atoms with van der Waals surface area (Å²) in [6.45, 7) is 4.19. The fraction of sp³-hybridized carbons (Fsp3) is 0.389. The van der Waals surface area contributed by atoms with Gasteiger partial charge < -0.3 is 10.0 Å². The third-order valence-corrected chi connectivity index (χ3v) is 5.87. The fourth-order valence-corrected chi connectivity index (χ4v) is 4.10. The number of nitrogens with zero attached hydrogens (tertiary/aromatic N) is 2. The molecule has 0 bridgehead atoms. The van der Waals surface area contributed by atoms with Gasteiger partial charge in [0.25, 0.3) is 0 Å². The molecule has 2 atom stereocenters. The largest absolute Gasteiger partial charge is 0.390 e. The zero-order chi connectivity index (χ0) is 15.3. The first-order chi connectivity index (χ1) is 10.6. The van der Waals surface area contributed by atoms with Crippen LogP contribution in [0.3, 0.4) is 0 Å². The highest BCUT2D eigenvalue weighted by Gasteiger charge is 2.60. The Morgan fingerprint density at radius 1 is 1.27 bits per heavy atom. The van der Waals surface area contributed by atoms with Gasteiger partial charge in [-0.15, -0.1) is 0 Å². The summed E-state index contributed by atoms with van der Waals surface area (Å²) in [6, 6.07) is 13.0. The summed E-state index contributed by atoms with van der Waals surface area (Å²) in [7, 11) is 0. The molecule has 4 heteroatoms. The van der Waals surface area contributed by atoms with Gasteiger partial charge in [-0.2, -0.15) is 0 Å². The molecular weight excluding hydrogens is 340 g/mol. The minimum Gasteiger partial charge on any atom is -0.390 e. The van der Waals surface area contributed by atoms with Crippen LogP contribution in [0.4, 0.5) is 5.82 Å². The van der Waals surface area contributed by atoms with E-state index in [1.165, 1.54) is 17.5 Å². The second kappa shape index (κ2) is 5.07. The number of anilines is 1. The molecule has 4 rings (SSSR count). The third kappa shape index (κ3) is 2.17. The summed E-state index contributed by atoms with van der Waals surface area (Å²) in [4.78, 5) is 6.96. The van der Waals surface area contributed by atoms with E-state index in [1.807, 2.05) is 12.1 Å². The first kappa shape index (κ1) is 14.2. The van der Waals surface area contributed by atoms with Crippen LogP contribution in [0.25, 0.3) is 0 Å². The van der Waals surface area contributed by atoms with Gasteiger partial charge in [-0.3, -0.25) is 0 Å². The first-order valence-electron chi connectivity index (χ1n) is 7.71. The van der Waals surface area contributed by atoms with Crippen molar-refractivity contribution in [3.05, 3.63) is 57.7 Å². The van der Waals surface area contributed by atoms with Gasteiger partial charge in [0, 0.05) is 23.0 Å². The van der Waals surface area contributed by atoms with E-state index in [2.05, 4.69) is 57.0 Å². The molecule has 1 aromatic heterocycles. The van der Waals surface area contributed by atoms with Gasteiger partial charge in [0.15, 0.2) is 0 Å². The predicted octanol–water partition coefficient (Wildman–Crippen LogP) is 3.42. The summed E-state index contributed by atoms with van der Waals surface area (Å²) in [6.07, 6.45) is 1.29. The normalized spacial score (nSPS) is 26.1. The molecule has 0 radical (unpaired) electrons. The maximum absolute atomic E-state index is 9.39. The van der Waals surface area contributed by atoms with Crippen LogP contribution in [0.1, 0.15) is 23.2 Å². The molecule has 1 N–H and O–H groups in total. The predicted molar refractivity (Wildman–Crippen MR) is 91.0 cm³/mol. The SMILES string of the molecule is Cc1ccc(C23CC2CN(c2ccc(Br)c(CO)n2)C3)cc1. The van der Waals surface area contributed by atoms with Crippen molar-refractivity contribution in [3.63, 3.8) is 0 Å². The summed E-state index contributed by atoms with van der Waals surface area (Å²) in [5.74, 6) is 1.71. The van der Waals surface area contributed by atoms with Gasteiger partial charge in [-0.25, -0.2) is 4.98 Å². The van der Waals surface area contributed by atoms with Crippen molar-refractivity contribution in [2.45, 2.75) is 25.4 Å². The van der Waals surface area contributed by atoms with Crippen LogP contribution in [0, 0.1) is 12.8 Å². The molecule has 1 aliphatic heterocycles. The highest BCUT2D eigenvalue weighted by molar-refractivity contribution is 9.10. The number of hydrogen-bond donors (Lipinski definition) is 1. The molecule has 0 amide bonds. The number of fused-ring (bicyclic) bond motifs is 1. The lowest BCUT2D eigenvalue weighted by Gasteiger charge is -2.23. The van der Waals surface area contributed by atoms with Crippen molar-refractivity contribution in [1.29, 1.82) is 0 Å². The van der Waals surface area contributed by atoms with Crippen molar-refractivity contribution in [1.82, 2.24) is 4.98 Å². The van der Waals surface area contributed by atoms with Crippen molar-refractivity contribution < 1.29 is 5.11 Å². The average Bonchev–Trinajstić information content (AvgIpc) is 3.10. The summed E-state index contributed by atoms with van der Waals surface area (Å²) >= 11 is 3.43. The third-order valence-electron chi connectivity index (χ3n) is 5.15. The molecule has 2 aliphatic rings. The minimum atomic E-state index is -0.0329. The van der Waals surface area contributed by atoms with Crippen molar-refractivity contribution in [2.75, 3.05) is 18.0 Å². The molecule has 2 heterocycles. The van der Waals surface area contributed by atoms with E-state index in [0.717, 1.165) is 29.3 Å². The lowest BCUT2D eigenvalue weighted by Crippen LogP contribution is -2.27. The van der Waals surface area contributed by atoms with Crippen LogP contribution in [-0.4, -0.2) is 23.2 Å². The monoisotopic (exact) mass is 358 g/mol. The van der Waals surface area contributed by atoms with Gasteiger partial charge in [0.05, 0.1) is 12.3 Å². The van der Waals surface area contributed by atoms with E-state index >= 15 is 0 Å². The van der Waals surface area contributed by atoms with Gasteiger partial charge >= 0.3 is 0 Å². The first-order valence-corrected chi connectivity index (χ1v) is 8.50. The van der Waals surface area contributed by atoms with E-state index in [9.17, 15) is 5.11 Å². The van der Waals surface area contributed by atoms with Crippen LogP contribution >= 0.6 is 15.9 Å². The molecular formula is C18H19BrN2O. The Labute approximate surface area is 139 Å². The number of aliphatic hydroxyl groups excluding tert-OH is 1. The number of piperidine rings is 1. The average molecular weight is 359 g/mol. The summed E-state index contributed by atoms with van der Waals surface area (Å²) < 4.78 is 0.872. The van der Waals surface area contributed by atoms with E-state index in [1.54, 1.807) is 0 Å². The minimum absolute atomic E-state index is 0.0329. The highest BCUT2D eigenvalue weighted by atomic mass is 79.9. The zero-order valence-electron chi connectivity index (χ0n) is 12.6. The van der Waals surface area contributed by atoms with Gasteiger partial charge in [0.2, 0.25) is 0 Å². The molecule has 22 heavy (non-hydrogen) atoms. The number of aliphatic hydroxyl groups is 1. The molecule has 2 fully saturated rings. The number of benzene rings is 1. The Balaban J connectivity index is 1.60.